The summed E-state index contributed by atoms with van der Waals surface area (Å²) in [5.74, 6) is -0.489. The Balaban J connectivity index is 2.53. The summed E-state index contributed by atoms with van der Waals surface area (Å²) in [5, 5.41) is 0.978. The first-order chi connectivity index (χ1) is 7.72. The molecule has 0 N–H and O–H groups in total. The van der Waals surface area contributed by atoms with Crippen LogP contribution in [0.25, 0.3) is 10.9 Å². The zero-order valence-electron chi connectivity index (χ0n) is 8.61. The van der Waals surface area contributed by atoms with Crippen LogP contribution in [0.3, 0.4) is 0 Å². The molecule has 0 aromatic carbocycles. The van der Waals surface area contributed by atoms with Gasteiger partial charge in [0.05, 0.1) is 12.1 Å². The molecule has 0 aliphatic carbocycles. The van der Waals surface area contributed by atoms with Crippen LogP contribution in [-0.2, 0) is 4.74 Å². The molecular weight excluding hydrogens is 228 g/mol. The fraction of sp³-hybridized carbons (Fsp3) is 0.182. The lowest BCUT2D eigenvalue weighted by molar-refractivity contribution is 0.0519. The first kappa shape index (κ1) is 10.8. The average Bonchev–Trinajstić information content (AvgIpc) is 2.29. The Kier molecular flexibility index (Phi) is 3.01. The van der Waals surface area contributed by atoms with E-state index in [1.165, 1.54) is 0 Å². The van der Waals surface area contributed by atoms with E-state index in [9.17, 15) is 4.79 Å². The van der Waals surface area contributed by atoms with E-state index >= 15 is 0 Å². The predicted octanol–water partition coefficient (Wildman–Crippen LogP) is 2.46. The van der Waals surface area contributed by atoms with Crippen LogP contribution in [0.1, 0.15) is 17.4 Å². The highest BCUT2D eigenvalue weighted by Crippen LogP contribution is 2.20. The van der Waals surface area contributed by atoms with Crippen molar-refractivity contribution in [3.05, 3.63) is 35.2 Å². The summed E-state index contributed by atoms with van der Waals surface area (Å²) in [7, 11) is 0. The number of nitrogens with zero attached hydrogens (tertiary/aromatic N) is 2. The van der Waals surface area contributed by atoms with Crippen molar-refractivity contribution in [3.63, 3.8) is 0 Å². The summed E-state index contributed by atoms with van der Waals surface area (Å²) in [6, 6.07) is 5.13. The van der Waals surface area contributed by atoms with Crippen molar-refractivity contribution in [2.45, 2.75) is 6.92 Å². The zero-order chi connectivity index (χ0) is 11.5. The van der Waals surface area contributed by atoms with Crippen LogP contribution in [0.4, 0.5) is 0 Å². The molecule has 0 amide bonds. The summed E-state index contributed by atoms with van der Waals surface area (Å²) in [5.41, 5.74) is 0.809. The van der Waals surface area contributed by atoms with E-state index in [0.717, 1.165) is 5.39 Å². The number of pyridine rings is 2. The molecule has 0 aliphatic heterocycles. The molecule has 2 aromatic heterocycles. The van der Waals surface area contributed by atoms with E-state index < -0.39 is 5.97 Å². The molecule has 2 aromatic rings. The van der Waals surface area contributed by atoms with Gasteiger partial charge in [0, 0.05) is 11.6 Å². The number of aromatic nitrogens is 2. The lowest BCUT2D eigenvalue weighted by Gasteiger charge is -2.03. The standard InChI is InChI=1S/C11H9ClN2O2/c1-2-16-11(15)9-6-8-7(10(12)14-9)4-3-5-13-8/h3-6H,2H2,1H3. The third-order valence-electron chi connectivity index (χ3n) is 2.04. The molecule has 0 bridgehead atoms. The third-order valence-corrected chi connectivity index (χ3v) is 2.33. The number of hydrogen-bond donors (Lipinski definition) is 0. The van der Waals surface area contributed by atoms with Crippen molar-refractivity contribution in [2.75, 3.05) is 6.61 Å². The average molecular weight is 237 g/mol. The van der Waals surface area contributed by atoms with Crippen LogP contribution in [0.2, 0.25) is 5.15 Å². The monoisotopic (exact) mass is 236 g/mol. The van der Waals surface area contributed by atoms with Crippen molar-refractivity contribution >= 4 is 28.5 Å². The smallest absolute Gasteiger partial charge is 0.357 e. The molecule has 0 fully saturated rings. The summed E-state index contributed by atoms with van der Waals surface area (Å²) >= 11 is 5.95. The molecule has 16 heavy (non-hydrogen) atoms. The van der Waals surface area contributed by atoms with Crippen LogP contribution < -0.4 is 0 Å². The molecule has 0 atom stereocenters. The van der Waals surface area contributed by atoms with Gasteiger partial charge in [-0.3, -0.25) is 4.98 Å². The lowest BCUT2D eigenvalue weighted by atomic mass is 10.2. The Bertz CT molecular complexity index is 542. The third kappa shape index (κ3) is 1.97. The van der Waals surface area contributed by atoms with Crippen LogP contribution >= 0.6 is 11.6 Å². The predicted molar refractivity (Wildman–Crippen MR) is 60.5 cm³/mol. The molecule has 0 saturated carbocycles. The van der Waals surface area contributed by atoms with E-state index in [1.807, 2.05) is 0 Å². The zero-order valence-corrected chi connectivity index (χ0v) is 9.36. The van der Waals surface area contributed by atoms with E-state index in [0.29, 0.717) is 12.1 Å². The summed E-state index contributed by atoms with van der Waals surface area (Å²) in [4.78, 5) is 19.6. The minimum atomic E-state index is -0.489. The summed E-state index contributed by atoms with van der Waals surface area (Å²) in [6.45, 7) is 2.04. The Morgan fingerprint density at radius 3 is 3.12 bits per heavy atom. The Hall–Kier alpha value is -1.68. The maximum absolute atomic E-state index is 11.5. The molecule has 0 spiro atoms. The van der Waals surface area contributed by atoms with Gasteiger partial charge in [0.25, 0.3) is 0 Å². The van der Waals surface area contributed by atoms with E-state index in [-0.39, 0.29) is 10.8 Å². The van der Waals surface area contributed by atoms with Crippen molar-refractivity contribution in [3.8, 4) is 0 Å². The lowest BCUT2D eigenvalue weighted by Crippen LogP contribution is -2.07. The van der Waals surface area contributed by atoms with Gasteiger partial charge in [-0.25, -0.2) is 9.78 Å². The molecule has 0 aliphatic rings. The topological polar surface area (TPSA) is 52.1 Å². The normalized spacial score (nSPS) is 10.4. The van der Waals surface area contributed by atoms with Gasteiger partial charge in [-0.1, -0.05) is 11.6 Å². The molecule has 0 unspecified atom stereocenters. The van der Waals surface area contributed by atoms with E-state index in [1.54, 1.807) is 31.3 Å². The summed E-state index contributed by atoms with van der Waals surface area (Å²) in [6.07, 6.45) is 1.63. The second-order valence-electron chi connectivity index (χ2n) is 3.09. The van der Waals surface area contributed by atoms with Gasteiger partial charge < -0.3 is 4.74 Å². The number of fused-ring (bicyclic) bond motifs is 1. The van der Waals surface area contributed by atoms with Crippen molar-refractivity contribution in [2.24, 2.45) is 0 Å². The Morgan fingerprint density at radius 2 is 2.38 bits per heavy atom. The minimum Gasteiger partial charge on any atom is -0.461 e. The van der Waals surface area contributed by atoms with Gasteiger partial charge in [-0.15, -0.1) is 0 Å². The fourth-order valence-electron chi connectivity index (χ4n) is 1.34. The number of ether oxygens (including phenoxy) is 1. The number of rotatable bonds is 2. The molecule has 2 rings (SSSR count). The van der Waals surface area contributed by atoms with E-state index in [4.69, 9.17) is 16.3 Å². The molecule has 5 heteroatoms. The van der Waals surface area contributed by atoms with Gasteiger partial charge in [0.1, 0.15) is 5.15 Å². The van der Waals surface area contributed by atoms with Gasteiger partial charge in [-0.2, -0.15) is 0 Å². The highest BCUT2D eigenvalue weighted by Gasteiger charge is 2.12. The molecule has 0 saturated heterocycles. The Morgan fingerprint density at radius 1 is 1.56 bits per heavy atom. The number of esters is 1. The van der Waals surface area contributed by atoms with Crippen LogP contribution in [0.5, 0.6) is 0 Å². The summed E-state index contributed by atoms with van der Waals surface area (Å²) < 4.78 is 4.84. The second kappa shape index (κ2) is 4.45. The van der Waals surface area contributed by atoms with Crippen LogP contribution in [0.15, 0.2) is 24.4 Å². The fourth-order valence-corrected chi connectivity index (χ4v) is 1.60. The van der Waals surface area contributed by atoms with Crippen molar-refractivity contribution in [1.29, 1.82) is 0 Å². The molecule has 82 valence electrons. The largest absolute Gasteiger partial charge is 0.461 e. The SMILES string of the molecule is CCOC(=O)c1cc2ncccc2c(Cl)n1. The van der Waals surface area contributed by atoms with Gasteiger partial charge in [0.2, 0.25) is 0 Å². The minimum absolute atomic E-state index is 0.179. The highest BCUT2D eigenvalue weighted by molar-refractivity contribution is 6.34. The molecule has 4 nitrogen and oxygen atoms in total. The van der Waals surface area contributed by atoms with Crippen molar-refractivity contribution in [1.82, 2.24) is 9.97 Å². The van der Waals surface area contributed by atoms with Gasteiger partial charge in [-0.05, 0) is 25.1 Å². The number of halogens is 1. The molecular formula is C11H9ClN2O2. The highest BCUT2D eigenvalue weighted by atomic mass is 35.5. The van der Waals surface area contributed by atoms with Gasteiger partial charge >= 0.3 is 5.97 Å². The van der Waals surface area contributed by atoms with Crippen molar-refractivity contribution < 1.29 is 9.53 Å². The number of hydrogen-bond acceptors (Lipinski definition) is 4. The van der Waals surface area contributed by atoms with Crippen LogP contribution in [0, 0.1) is 0 Å². The second-order valence-corrected chi connectivity index (χ2v) is 3.45. The van der Waals surface area contributed by atoms with E-state index in [2.05, 4.69) is 9.97 Å². The Labute approximate surface area is 97.2 Å². The maximum Gasteiger partial charge on any atom is 0.357 e. The number of carbonyl (C=O) groups is 1. The first-order valence-corrected chi connectivity index (χ1v) is 5.18. The van der Waals surface area contributed by atoms with Gasteiger partial charge in [0.15, 0.2) is 5.69 Å². The van der Waals surface area contributed by atoms with Crippen LogP contribution in [-0.4, -0.2) is 22.5 Å². The first-order valence-electron chi connectivity index (χ1n) is 4.80. The molecule has 0 radical (unpaired) electrons. The molecule has 2 heterocycles. The quantitative estimate of drug-likeness (QED) is 0.594. The number of carbonyl (C=O) groups excluding carboxylic acids is 1. The maximum atomic E-state index is 11.5.